The molecule has 13 heavy (non-hydrogen) atoms. The van der Waals surface area contributed by atoms with Crippen molar-refractivity contribution in [1.82, 2.24) is 5.32 Å². The summed E-state index contributed by atoms with van der Waals surface area (Å²) >= 11 is 1.71. The van der Waals surface area contributed by atoms with Crippen LogP contribution < -0.4 is 5.32 Å². The van der Waals surface area contributed by atoms with Crippen molar-refractivity contribution < 1.29 is 5.11 Å². The molecular weight excluding hydrogens is 184 g/mol. The lowest BCUT2D eigenvalue weighted by Crippen LogP contribution is -2.41. The van der Waals surface area contributed by atoms with Gasteiger partial charge in [-0.1, -0.05) is 6.92 Å². The smallest absolute Gasteiger partial charge is 0.112 e. The summed E-state index contributed by atoms with van der Waals surface area (Å²) in [6.45, 7) is 4.16. The summed E-state index contributed by atoms with van der Waals surface area (Å²) in [5.41, 5.74) is -0.450. The predicted octanol–water partition coefficient (Wildman–Crippen LogP) is 0.992. The summed E-state index contributed by atoms with van der Waals surface area (Å²) in [5, 5.41) is 20.9. The van der Waals surface area contributed by atoms with Crippen LogP contribution in [0.25, 0.3) is 0 Å². The monoisotopic (exact) mass is 202 g/mol. The van der Waals surface area contributed by atoms with Crippen LogP contribution in [-0.4, -0.2) is 35.3 Å². The highest BCUT2D eigenvalue weighted by molar-refractivity contribution is 7.99. The highest BCUT2D eigenvalue weighted by atomic mass is 32.2. The van der Waals surface area contributed by atoms with Crippen LogP contribution in [0.1, 0.15) is 20.3 Å². The van der Waals surface area contributed by atoms with Crippen LogP contribution in [0.4, 0.5) is 0 Å². The average molecular weight is 202 g/mol. The molecule has 0 rings (SSSR count). The van der Waals surface area contributed by atoms with E-state index in [1.165, 1.54) is 0 Å². The lowest BCUT2D eigenvalue weighted by atomic mass is 10.1. The van der Waals surface area contributed by atoms with Crippen molar-refractivity contribution in [3.63, 3.8) is 0 Å². The molecule has 3 nitrogen and oxygen atoms in total. The van der Waals surface area contributed by atoms with Gasteiger partial charge in [-0.15, -0.1) is 0 Å². The number of nitriles is 1. The Morgan fingerprint density at radius 1 is 1.69 bits per heavy atom. The standard InChI is InChI=1S/C9H18N2OS/c1-8(4-5-12)13-7-9(2,6-10)11-3/h8,11-12H,4-5,7H2,1-3H3. The van der Waals surface area contributed by atoms with E-state index in [9.17, 15) is 0 Å². The molecule has 0 radical (unpaired) electrons. The number of thioether (sulfide) groups is 1. The minimum atomic E-state index is -0.450. The van der Waals surface area contributed by atoms with Gasteiger partial charge in [0.15, 0.2) is 0 Å². The summed E-state index contributed by atoms with van der Waals surface area (Å²) in [7, 11) is 1.79. The minimum Gasteiger partial charge on any atom is -0.396 e. The molecule has 2 atom stereocenters. The van der Waals surface area contributed by atoms with E-state index in [1.54, 1.807) is 18.8 Å². The molecule has 0 saturated carbocycles. The van der Waals surface area contributed by atoms with E-state index in [-0.39, 0.29) is 6.61 Å². The van der Waals surface area contributed by atoms with Crippen molar-refractivity contribution in [1.29, 1.82) is 5.26 Å². The number of aliphatic hydroxyl groups excluding tert-OH is 1. The van der Waals surface area contributed by atoms with E-state index in [0.717, 1.165) is 12.2 Å². The maximum absolute atomic E-state index is 8.85. The molecule has 0 aliphatic heterocycles. The second-order valence-electron chi connectivity index (χ2n) is 3.33. The Kier molecular flexibility index (Phi) is 6.13. The summed E-state index contributed by atoms with van der Waals surface area (Å²) in [4.78, 5) is 0. The van der Waals surface area contributed by atoms with Gasteiger partial charge < -0.3 is 10.4 Å². The van der Waals surface area contributed by atoms with Gasteiger partial charge in [0.25, 0.3) is 0 Å². The number of hydrogen-bond acceptors (Lipinski definition) is 4. The molecule has 0 aromatic rings. The lowest BCUT2D eigenvalue weighted by Gasteiger charge is -2.21. The van der Waals surface area contributed by atoms with E-state index < -0.39 is 5.54 Å². The van der Waals surface area contributed by atoms with Crippen molar-refractivity contribution >= 4 is 11.8 Å². The van der Waals surface area contributed by atoms with Gasteiger partial charge in [-0.2, -0.15) is 17.0 Å². The number of rotatable bonds is 6. The maximum Gasteiger partial charge on any atom is 0.112 e. The fourth-order valence-corrected chi connectivity index (χ4v) is 1.83. The Bertz CT molecular complexity index is 181. The fraction of sp³-hybridized carbons (Fsp3) is 0.889. The molecule has 0 aromatic heterocycles. The highest BCUT2D eigenvalue weighted by Crippen LogP contribution is 2.19. The van der Waals surface area contributed by atoms with Crippen molar-refractivity contribution in [3.05, 3.63) is 0 Å². The minimum absolute atomic E-state index is 0.219. The zero-order valence-electron chi connectivity index (χ0n) is 8.50. The first-order valence-electron chi connectivity index (χ1n) is 4.40. The molecule has 76 valence electrons. The lowest BCUT2D eigenvalue weighted by molar-refractivity contribution is 0.289. The van der Waals surface area contributed by atoms with Gasteiger partial charge in [-0.05, 0) is 20.4 Å². The molecule has 0 amide bonds. The molecule has 0 bridgehead atoms. The second kappa shape index (κ2) is 6.25. The van der Waals surface area contributed by atoms with Gasteiger partial charge in [-0.25, -0.2) is 0 Å². The van der Waals surface area contributed by atoms with Crippen LogP contribution >= 0.6 is 11.8 Å². The molecule has 0 fully saturated rings. The molecule has 0 aliphatic rings. The van der Waals surface area contributed by atoms with E-state index in [0.29, 0.717) is 5.25 Å². The molecule has 4 heteroatoms. The van der Waals surface area contributed by atoms with Crippen LogP contribution in [-0.2, 0) is 0 Å². The largest absolute Gasteiger partial charge is 0.396 e. The van der Waals surface area contributed by atoms with Crippen LogP contribution in [0, 0.1) is 11.3 Å². The number of aliphatic hydroxyl groups is 1. The quantitative estimate of drug-likeness (QED) is 0.674. The van der Waals surface area contributed by atoms with E-state index >= 15 is 0 Å². The summed E-state index contributed by atoms with van der Waals surface area (Å²) in [5.74, 6) is 0.751. The number of nitrogens with one attached hydrogen (secondary N) is 1. The van der Waals surface area contributed by atoms with Crippen LogP contribution in [0.3, 0.4) is 0 Å². The molecular formula is C9H18N2OS. The van der Waals surface area contributed by atoms with Crippen LogP contribution in [0.5, 0.6) is 0 Å². The van der Waals surface area contributed by atoms with Gasteiger partial charge in [-0.3, -0.25) is 0 Å². The third-order valence-electron chi connectivity index (χ3n) is 1.99. The zero-order chi connectivity index (χ0) is 10.3. The Morgan fingerprint density at radius 2 is 2.31 bits per heavy atom. The van der Waals surface area contributed by atoms with E-state index in [2.05, 4.69) is 18.3 Å². The van der Waals surface area contributed by atoms with E-state index in [1.807, 2.05) is 6.92 Å². The van der Waals surface area contributed by atoms with Gasteiger partial charge in [0.2, 0.25) is 0 Å². The topological polar surface area (TPSA) is 56.0 Å². The van der Waals surface area contributed by atoms with Gasteiger partial charge >= 0.3 is 0 Å². The Hall–Kier alpha value is -0.240. The van der Waals surface area contributed by atoms with E-state index in [4.69, 9.17) is 10.4 Å². The van der Waals surface area contributed by atoms with Crippen LogP contribution in [0.15, 0.2) is 0 Å². The second-order valence-corrected chi connectivity index (χ2v) is 4.75. The highest BCUT2D eigenvalue weighted by Gasteiger charge is 2.21. The molecule has 0 aliphatic carbocycles. The molecule has 2 unspecified atom stereocenters. The maximum atomic E-state index is 8.85. The van der Waals surface area contributed by atoms with Crippen molar-refractivity contribution in [2.45, 2.75) is 31.1 Å². The fourth-order valence-electron chi connectivity index (χ4n) is 0.734. The SMILES string of the molecule is CNC(C)(C#N)CSC(C)CCO. The molecule has 0 heterocycles. The predicted molar refractivity (Wildman–Crippen MR) is 56.7 cm³/mol. The molecule has 2 N–H and O–H groups in total. The Labute approximate surface area is 84.5 Å². The Balaban J connectivity index is 3.80. The Morgan fingerprint density at radius 3 is 2.69 bits per heavy atom. The number of nitrogens with zero attached hydrogens (tertiary/aromatic N) is 1. The first-order valence-corrected chi connectivity index (χ1v) is 5.45. The van der Waals surface area contributed by atoms with Gasteiger partial charge in [0.1, 0.15) is 5.54 Å². The van der Waals surface area contributed by atoms with Gasteiger partial charge in [0, 0.05) is 17.6 Å². The summed E-state index contributed by atoms with van der Waals surface area (Å²) in [6, 6.07) is 2.23. The first kappa shape index (κ1) is 12.8. The van der Waals surface area contributed by atoms with Gasteiger partial charge in [0.05, 0.1) is 6.07 Å². The molecule has 0 spiro atoms. The van der Waals surface area contributed by atoms with Crippen molar-refractivity contribution in [3.8, 4) is 6.07 Å². The number of hydrogen-bond donors (Lipinski definition) is 2. The third kappa shape index (κ3) is 5.14. The first-order chi connectivity index (χ1) is 6.08. The summed E-state index contributed by atoms with van der Waals surface area (Å²) < 4.78 is 0. The third-order valence-corrected chi connectivity index (χ3v) is 3.54. The normalized spacial score (nSPS) is 17.5. The van der Waals surface area contributed by atoms with Crippen LogP contribution in [0.2, 0.25) is 0 Å². The zero-order valence-corrected chi connectivity index (χ0v) is 9.32. The van der Waals surface area contributed by atoms with Crippen molar-refractivity contribution in [2.24, 2.45) is 0 Å². The molecule has 0 aromatic carbocycles. The average Bonchev–Trinajstić information content (AvgIpc) is 2.15. The van der Waals surface area contributed by atoms with Crippen molar-refractivity contribution in [2.75, 3.05) is 19.4 Å². The summed E-state index contributed by atoms with van der Waals surface area (Å²) in [6.07, 6.45) is 0.788. The molecule has 0 saturated heterocycles.